The highest BCUT2D eigenvalue weighted by molar-refractivity contribution is 7.71. The average Bonchev–Trinajstić information content (AvgIpc) is 2.53. The molecule has 84 valence electrons. The molecule has 1 N–H and O–H groups in total. The van der Waals surface area contributed by atoms with Gasteiger partial charge in [-0.2, -0.15) is 0 Å². The zero-order valence-electron chi connectivity index (χ0n) is 9.53. The molecule has 1 fully saturated rings. The van der Waals surface area contributed by atoms with Gasteiger partial charge in [0.15, 0.2) is 4.77 Å². The molecular weight excluding hydrogens is 208 g/mol. The van der Waals surface area contributed by atoms with Crippen LogP contribution in [0.25, 0.3) is 0 Å². The normalized spacial score (nSPS) is 27.0. The first-order chi connectivity index (χ1) is 7.11. The van der Waals surface area contributed by atoms with Crippen LogP contribution in [0.15, 0.2) is 0 Å². The third-order valence-electron chi connectivity index (χ3n) is 3.49. The maximum absolute atomic E-state index is 5.13. The summed E-state index contributed by atoms with van der Waals surface area (Å²) < 4.78 is 2.64. The highest BCUT2D eigenvalue weighted by Gasteiger charge is 2.27. The summed E-state index contributed by atoms with van der Waals surface area (Å²) in [5.74, 6) is 1.70. The number of piperidine rings is 1. The maximum atomic E-state index is 5.13. The van der Waals surface area contributed by atoms with Gasteiger partial charge in [-0.3, -0.25) is 4.57 Å². The van der Waals surface area contributed by atoms with E-state index in [1.807, 2.05) is 11.6 Å². The van der Waals surface area contributed by atoms with Crippen LogP contribution in [-0.2, 0) is 7.05 Å². The van der Waals surface area contributed by atoms with Crippen molar-refractivity contribution in [3.8, 4) is 0 Å². The van der Waals surface area contributed by atoms with Crippen molar-refractivity contribution in [2.24, 2.45) is 13.0 Å². The van der Waals surface area contributed by atoms with Crippen LogP contribution in [0.3, 0.4) is 0 Å². The molecule has 0 aromatic carbocycles. The molecule has 5 heteroatoms. The van der Waals surface area contributed by atoms with Crippen molar-refractivity contribution in [1.29, 1.82) is 0 Å². The summed E-state index contributed by atoms with van der Waals surface area (Å²) in [4.78, 5) is 2.35. The first-order valence-electron chi connectivity index (χ1n) is 5.49. The molecule has 2 unspecified atom stereocenters. The zero-order valence-corrected chi connectivity index (χ0v) is 10.3. The Labute approximate surface area is 95.3 Å². The number of aromatic amines is 1. The maximum Gasteiger partial charge on any atom is 0.225 e. The van der Waals surface area contributed by atoms with E-state index in [0.29, 0.717) is 10.8 Å². The molecule has 0 aliphatic carbocycles. The van der Waals surface area contributed by atoms with Gasteiger partial charge in [0.1, 0.15) is 0 Å². The van der Waals surface area contributed by atoms with E-state index in [1.54, 1.807) is 0 Å². The van der Waals surface area contributed by atoms with E-state index in [9.17, 15) is 0 Å². The van der Waals surface area contributed by atoms with Gasteiger partial charge < -0.3 is 4.90 Å². The summed E-state index contributed by atoms with van der Waals surface area (Å²) in [6.07, 6.45) is 2.55. The molecule has 0 saturated carbocycles. The summed E-state index contributed by atoms with van der Waals surface area (Å²) in [5.41, 5.74) is 0. The van der Waals surface area contributed by atoms with Crippen molar-refractivity contribution in [3.63, 3.8) is 0 Å². The number of H-pyrrole nitrogens is 1. The fourth-order valence-corrected chi connectivity index (χ4v) is 2.34. The lowest BCUT2D eigenvalue weighted by Gasteiger charge is -2.38. The fourth-order valence-electron chi connectivity index (χ4n) is 2.21. The molecule has 1 aliphatic rings. The van der Waals surface area contributed by atoms with E-state index in [4.69, 9.17) is 12.2 Å². The van der Waals surface area contributed by atoms with Crippen molar-refractivity contribution in [3.05, 3.63) is 4.77 Å². The lowest BCUT2D eigenvalue weighted by molar-refractivity contribution is 0.357. The largest absolute Gasteiger partial charge is 0.338 e. The van der Waals surface area contributed by atoms with Crippen LogP contribution >= 0.6 is 12.2 Å². The molecule has 1 aliphatic heterocycles. The molecule has 2 rings (SSSR count). The second kappa shape index (κ2) is 3.96. The fraction of sp³-hybridized carbons (Fsp3) is 0.800. The highest BCUT2D eigenvalue weighted by Crippen LogP contribution is 2.26. The van der Waals surface area contributed by atoms with Crippen molar-refractivity contribution >= 4 is 18.2 Å². The van der Waals surface area contributed by atoms with Gasteiger partial charge in [0, 0.05) is 19.6 Å². The Hall–Kier alpha value is -0.840. The van der Waals surface area contributed by atoms with Crippen molar-refractivity contribution in [1.82, 2.24) is 14.8 Å². The lowest BCUT2D eigenvalue weighted by Crippen LogP contribution is -2.43. The van der Waals surface area contributed by atoms with Gasteiger partial charge in [-0.05, 0) is 37.9 Å². The summed E-state index contributed by atoms with van der Waals surface area (Å²) in [6, 6.07) is 0.544. The lowest BCUT2D eigenvalue weighted by atomic mass is 9.92. The zero-order chi connectivity index (χ0) is 11.0. The first kappa shape index (κ1) is 10.7. The van der Waals surface area contributed by atoms with Gasteiger partial charge >= 0.3 is 0 Å². The molecule has 0 amide bonds. The summed E-state index contributed by atoms with van der Waals surface area (Å²) in [5, 5.41) is 7.14. The second-order valence-corrected chi connectivity index (χ2v) is 4.83. The van der Waals surface area contributed by atoms with Crippen molar-refractivity contribution < 1.29 is 0 Å². The molecule has 1 aromatic rings. The molecule has 1 aromatic heterocycles. The van der Waals surface area contributed by atoms with E-state index in [2.05, 4.69) is 28.9 Å². The van der Waals surface area contributed by atoms with Crippen LogP contribution in [0.4, 0.5) is 5.95 Å². The molecule has 2 heterocycles. The number of rotatable bonds is 1. The molecule has 4 nitrogen and oxygen atoms in total. The number of nitrogens with zero attached hydrogens (tertiary/aromatic N) is 3. The van der Waals surface area contributed by atoms with Gasteiger partial charge in [-0.25, -0.2) is 5.10 Å². The first-order valence-corrected chi connectivity index (χ1v) is 5.90. The number of hydrogen-bond acceptors (Lipinski definition) is 3. The van der Waals surface area contributed by atoms with E-state index >= 15 is 0 Å². The van der Waals surface area contributed by atoms with Crippen molar-refractivity contribution in [2.75, 3.05) is 11.4 Å². The second-order valence-electron chi connectivity index (χ2n) is 4.44. The van der Waals surface area contributed by atoms with Gasteiger partial charge in [-0.1, -0.05) is 6.92 Å². The van der Waals surface area contributed by atoms with E-state index < -0.39 is 0 Å². The predicted molar refractivity (Wildman–Crippen MR) is 63.6 cm³/mol. The molecule has 2 atom stereocenters. The van der Waals surface area contributed by atoms with Gasteiger partial charge in [0.25, 0.3) is 0 Å². The Morgan fingerprint density at radius 1 is 1.47 bits per heavy atom. The van der Waals surface area contributed by atoms with Crippen LogP contribution < -0.4 is 4.90 Å². The Bertz CT molecular complexity index is 394. The third kappa shape index (κ3) is 1.80. The van der Waals surface area contributed by atoms with Gasteiger partial charge in [-0.15, -0.1) is 5.10 Å². The van der Waals surface area contributed by atoms with Crippen LogP contribution in [0.2, 0.25) is 0 Å². The van der Waals surface area contributed by atoms with Crippen LogP contribution in [-0.4, -0.2) is 27.4 Å². The summed E-state index contributed by atoms with van der Waals surface area (Å²) in [7, 11) is 1.97. The summed E-state index contributed by atoms with van der Waals surface area (Å²) >= 11 is 5.13. The molecule has 15 heavy (non-hydrogen) atoms. The summed E-state index contributed by atoms with van der Waals surface area (Å²) in [6.45, 7) is 5.65. The number of anilines is 1. The van der Waals surface area contributed by atoms with Crippen LogP contribution in [0.5, 0.6) is 0 Å². The van der Waals surface area contributed by atoms with Gasteiger partial charge in [0.05, 0.1) is 0 Å². The third-order valence-corrected chi connectivity index (χ3v) is 3.85. The smallest absolute Gasteiger partial charge is 0.225 e. The molecule has 0 spiro atoms. The quantitative estimate of drug-likeness (QED) is 0.745. The number of nitrogens with one attached hydrogen (secondary N) is 1. The van der Waals surface area contributed by atoms with E-state index in [-0.39, 0.29) is 0 Å². The number of hydrogen-bond donors (Lipinski definition) is 1. The highest BCUT2D eigenvalue weighted by atomic mass is 32.1. The van der Waals surface area contributed by atoms with E-state index in [0.717, 1.165) is 18.4 Å². The molecule has 0 bridgehead atoms. The average molecular weight is 226 g/mol. The molecular formula is C10H18N4S. The minimum atomic E-state index is 0.544. The minimum Gasteiger partial charge on any atom is -0.338 e. The Kier molecular flexibility index (Phi) is 2.82. The Balaban J connectivity index is 2.30. The standard InChI is InChI=1S/C10H18N4S/c1-7-5-4-6-14(8(7)2)9-11-12-10(15)13(9)3/h7-8H,4-6H2,1-3H3,(H,12,15). The molecule has 0 radical (unpaired) electrons. The topological polar surface area (TPSA) is 36.9 Å². The SMILES string of the molecule is CC1CCCN(c2n[nH]c(=S)n2C)C1C. The number of aromatic nitrogens is 3. The van der Waals surface area contributed by atoms with Crippen LogP contribution in [0, 0.1) is 10.7 Å². The van der Waals surface area contributed by atoms with E-state index in [1.165, 1.54) is 12.8 Å². The predicted octanol–water partition coefficient (Wildman–Crippen LogP) is 2.10. The Morgan fingerprint density at radius 2 is 2.20 bits per heavy atom. The molecule has 1 saturated heterocycles. The minimum absolute atomic E-state index is 0.544. The van der Waals surface area contributed by atoms with Gasteiger partial charge in [0.2, 0.25) is 5.95 Å². The van der Waals surface area contributed by atoms with Crippen LogP contribution in [0.1, 0.15) is 26.7 Å². The van der Waals surface area contributed by atoms with Crippen molar-refractivity contribution in [2.45, 2.75) is 32.7 Å². The monoisotopic (exact) mass is 226 g/mol. The Morgan fingerprint density at radius 3 is 2.80 bits per heavy atom.